The summed E-state index contributed by atoms with van der Waals surface area (Å²) in [4.78, 5) is 13.4. The normalized spacial score (nSPS) is 22.7. The molecule has 12 atom stereocenters. The van der Waals surface area contributed by atoms with E-state index in [2.05, 4.69) is 67.8 Å². The van der Waals surface area contributed by atoms with Crippen LogP contribution >= 0.6 is 0 Å². The van der Waals surface area contributed by atoms with Crippen LogP contribution in [0.1, 0.15) is 361 Å². The van der Waals surface area contributed by atoms with E-state index in [9.17, 15) is 45.6 Å². The largest absolute Gasteiger partial charge is 0.394 e. The third-order valence-corrected chi connectivity index (χ3v) is 19.6. The Bertz CT molecular complexity index is 1760. The second kappa shape index (κ2) is 64.3. The molecule has 0 aromatic carbocycles. The molecule has 0 radical (unpaired) electrons. The highest BCUT2D eigenvalue weighted by atomic mass is 16.7. The lowest BCUT2D eigenvalue weighted by Gasteiger charge is -2.46. The van der Waals surface area contributed by atoms with Gasteiger partial charge in [-0.15, -0.1) is 0 Å². The fourth-order valence-corrected chi connectivity index (χ4v) is 13.3. The summed E-state index contributed by atoms with van der Waals surface area (Å²) in [5.41, 5.74) is 0. The molecule has 0 aliphatic carbocycles. The van der Waals surface area contributed by atoms with E-state index in [-0.39, 0.29) is 12.5 Å². The first-order valence-corrected chi connectivity index (χ1v) is 39.9. The molecule has 2 fully saturated rings. The number of aliphatic hydroxyl groups excluding tert-OH is 8. The van der Waals surface area contributed by atoms with E-state index in [1.807, 2.05) is 0 Å². The minimum atomic E-state index is -1.78. The van der Waals surface area contributed by atoms with Crippen LogP contribution in [0.15, 0.2) is 48.6 Å². The van der Waals surface area contributed by atoms with E-state index in [1.165, 1.54) is 257 Å². The Kier molecular flexibility index (Phi) is 60.3. The van der Waals surface area contributed by atoms with Gasteiger partial charge in [-0.3, -0.25) is 4.79 Å². The molecule has 14 heteroatoms. The van der Waals surface area contributed by atoms with E-state index in [1.54, 1.807) is 0 Å². The second-order valence-corrected chi connectivity index (χ2v) is 28.2. The van der Waals surface area contributed by atoms with Gasteiger partial charge in [0.25, 0.3) is 0 Å². The van der Waals surface area contributed by atoms with Crippen LogP contribution in [0.4, 0.5) is 0 Å². The number of amides is 1. The minimum Gasteiger partial charge on any atom is -0.394 e. The Morgan fingerprint density at radius 3 is 1.13 bits per heavy atom. The third-order valence-electron chi connectivity index (χ3n) is 19.6. The van der Waals surface area contributed by atoms with Crippen LogP contribution in [0, 0.1) is 0 Å². The molecule has 0 aromatic rings. The van der Waals surface area contributed by atoms with E-state index < -0.39 is 86.8 Å². The van der Waals surface area contributed by atoms with Gasteiger partial charge in [-0.2, -0.15) is 0 Å². The van der Waals surface area contributed by atoms with Gasteiger partial charge in [-0.1, -0.05) is 351 Å². The van der Waals surface area contributed by atoms with Crippen molar-refractivity contribution in [3.8, 4) is 0 Å². The molecule has 2 saturated heterocycles. The Morgan fingerprint density at radius 1 is 0.394 bits per heavy atom. The van der Waals surface area contributed by atoms with Crippen LogP contribution < -0.4 is 5.32 Å². The summed E-state index contributed by atoms with van der Waals surface area (Å²) in [5.74, 6) is -0.200. The lowest BCUT2D eigenvalue weighted by atomic mass is 9.97. The summed E-state index contributed by atoms with van der Waals surface area (Å²) in [6.45, 7) is 2.81. The van der Waals surface area contributed by atoms with Gasteiger partial charge in [0.1, 0.15) is 48.8 Å². The molecule has 94 heavy (non-hydrogen) atoms. The summed E-state index contributed by atoms with van der Waals surface area (Å²) in [7, 11) is 0. The number of nitrogens with one attached hydrogen (secondary N) is 1. The average molecular weight is 1330 g/mol. The quantitative estimate of drug-likeness (QED) is 0.0204. The Hall–Kier alpha value is -2.05. The number of aliphatic hydroxyl groups is 8. The van der Waals surface area contributed by atoms with Crippen molar-refractivity contribution in [2.45, 2.75) is 434 Å². The molecular weight excluding hydrogens is 1180 g/mol. The summed E-state index contributed by atoms with van der Waals surface area (Å²) in [6.07, 6.45) is 68.6. The molecule has 9 N–H and O–H groups in total. The van der Waals surface area contributed by atoms with Crippen LogP contribution in [0.25, 0.3) is 0 Å². The fourth-order valence-electron chi connectivity index (χ4n) is 13.3. The number of hydrogen-bond acceptors (Lipinski definition) is 13. The van der Waals surface area contributed by atoms with Gasteiger partial charge < -0.3 is 65.1 Å². The molecule has 12 unspecified atom stereocenters. The molecule has 2 aliphatic rings. The maximum Gasteiger partial charge on any atom is 0.220 e. The van der Waals surface area contributed by atoms with Crippen molar-refractivity contribution in [2.24, 2.45) is 0 Å². The molecule has 0 saturated carbocycles. The molecule has 2 rings (SSSR count). The first kappa shape index (κ1) is 88.0. The molecule has 0 spiro atoms. The molecule has 2 heterocycles. The summed E-state index contributed by atoms with van der Waals surface area (Å²) in [6, 6.07) is -0.831. The molecule has 552 valence electrons. The Balaban J connectivity index is 1.61. The van der Waals surface area contributed by atoms with Gasteiger partial charge in [0.2, 0.25) is 5.91 Å². The number of carbonyl (C=O) groups excluding carboxylic acids is 1. The maximum atomic E-state index is 13.4. The Labute approximate surface area is 575 Å². The van der Waals surface area contributed by atoms with Crippen LogP contribution in [-0.4, -0.2) is 140 Å². The zero-order valence-electron chi connectivity index (χ0n) is 60.5. The molecular formula is C80H149NO13. The van der Waals surface area contributed by atoms with Crippen molar-refractivity contribution in [1.29, 1.82) is 0 Å². The molecule has 2 aliphatic heterocycles. The number of ether oxygens (including phenoxy) is 4. The fraction of sp³-hybridized carbons (Fsp3) is 0.887. The lowest BCUT2D eigenvalue weighted by Crippen LogP contribution is -2.65. The van der Waals surface area contributed by atoms with E-state index >= 15 is 0 Å². The standard InChI is InChI=1S/C80H149NO13/c1-3-5-7-9-11-13-15-17-19-21-23-25-27-29-31-33-34-36-38-40-42-44-46-48-50-52-54-56-58-60-62-64-72(85)81-68(67-91-79-77(90)75(88)78(71(66-83)93-79)94-80-76(89)74(87)73(86)70(65-82)92-80)69(84)63-61-59-57-55-53-51-49-47-45-43-41-39-37-35-32-30-28-26-24-22-20-18-16-14-12-10-8-6-4-2/h5,7,11,13,17,19,23,25,68-71,73-80,82-84,86-90H,3-4,6,8-10,12,14-16,18,20-22,24,26-67H2,1-2H3,(H,81,85)/b7-5-,13-11-,19-17-,25-23-. The predicted molar refractivity (Wildman–Crippen MR) is 388 cm³/mol. The summed E-state index contributed by atoms with van der Waals surface area (Å²) >= 11 is 0. The maximum absolute atomic E-state index is 13.4. The van der Waals surface area contributed by atoms with E-state index in [0.717, 1.165) is 77.0 Å². The van der Waals surface area contributed by atoms with Gasteiger partial charge in [0, 0.05) is 6.42 Å². The predicted octanol–water partition coefficient (Wildman–Crippen LogP) is 17.8. The van der Waals surface area contributed by atoms with Crippen molar-refractivity contribution in [2.75, 3.05) is 19.8 Å². The second-order valence-electron chi connectivity index (χ2n) is 28.2. The highest BCUT2D eigenvalue weighted by Crippen LogP contribution is 2.30. The molecule has 14 nitrogen and oxygen atoms in total. The molecule has 0 aromatic heterocycles. The van der Waals surface area contributed by atoms with Crippen molar-refractivity contribution >= 4 is 5.91 Å². The van der Waals surface area contributed by atoms with Crippen LogP contribution in [0.3, 0.4) is 0 Å². The smallest absolute Gasteiger partial charge is 0.220 e. The Morgan fingerprint density at radius 2 is 0.734 bits per heavy atom. The van der Waals surface area contributed by atoms with Crippen LogP contribution in [0.2, 0.25) is 0 Å². The lowest BCUT2D eigenvalue weighted by molar-refractivity contribution is -0.359. The highest BCUT2D eigenvalue weighted by molar-refractivity contribution is 5.76. The summed E-state index contributed by atoms with van der Waals surface area (Å²) in [5, 5.41) is 87.9. The summed E-state index contributed by atoms with van der Waals surface area (Å²) < 4.78 is 23.0. The van der Waals surface area contributed by atoms with Gasteiger partial charge in [-0.25, -0.2) is 0 Å². The first-order chi connectivity index (χ1) is 46.1. The minimum absolute atomic E-state index is 0.200. The highest BCUT2D eigenvalue weighted by Gasteiger charge is 2.51. The SMILES string of the molecule is CC/C=C\C/C=C\C/C=C\C/C=C\CCCCCCCCCCCCCCCCCCCCC(=O)NC(COC1OC(CO)C(OC2OC(CO)C(O)C(O)C2O)C(O)C1O)C(O)CCCCCCCCCCCCCCCCCCCCCCCCCCCCCCC. The van der Waals surface area contributed by atoms with E-state index in [4.69, 9.17) is 18.9 Å². The zero-order chi connectivity index (χ0) is 68.0. The van der Waals surface area contributed by atoms with Crippen molar-refractivity contribution in [3.05, 3.63) is 48.6 Å². The third kappa shape index (κ3) is 47.1. The van der Waals surface area contributed by atoms with Crippen LogP contribution in [0.5, 0.6) is 0 Å². The average Bonchev–Trinajstić information content (AvgIpc) is 0.794. The number of unbranched alkanes of at least 4 members (excludes halogenated alkanes) is 46. The number of carbonyl (C=O) groups is 1. The van der Waals surface area contributed by atoms with Crippen molar-refractivity contribution in [1.82, 2.24) is 5.32 Å². The van der Waals surface area contributed by atoms with Crippen molar-refractivity contribution < 1.29 is 64.6 Å². The van der Waals surface area contributed by atoms with Gasteiger partial charge in [-0.05, 0) is 51.4 Å². The number of rotatable bonds is 67. The zero-order valence-corrected chi connectivity index (χ0v) is 60.5. The van der Waals surface area contributed by atoms with Crippen molar-refractivity contribution in [3.63, 3.8) is 0 Å². The van der Waals surface area contributed by atoms with Gasteiger partial charge >= 0.3 is 0 Å². The van der Waals surface area contributed by atoms with Crippen LogP contribution in [-0.2, 0) is 23.7 Å². The molecule has 0 bridgehead atoms. The van der Waals surface area contributed by atoms with Gasteiger partial charge in [0.05, 0.1) is 32.0 Å². The van der Waals surface area contributed by atoms with Gasteiger partial charge in [0.15, 0.2) is 12.6 Å². The number of allylic oxidation sites excluding steroid dienone is 8. The topological polar surface area (TPSA) is 228 Å². The molecule has 1 amide bonds. The first-order valence-electron chi connectivity index (χ1n) is 39.9. The van der Waals surface area contributed by atoms with E-state index in [0.29, 0.717) is 12.8 Å². The monoisotopic (exact) mass is 1330 g/mol. The number of hydrogen-bond donors (Lipinski definition) is 9.